The number of pyridine rings is 1. The van der Waals surface area contributed by atoms with Gasteiger partial charge in [0.25, 0.3) is 5.91 Å². The highest BCUT2D eigenvalue weighted by molar-refractivity contribution is 8.14. The van der Waals surface area contributed by atoms with Gasteiger partial charge in [0.2, 0.25) is 5.12 Å². The van der Waals surface area contributed by atoms with E-state index in [9.17, 15) is 18.8 Å². The molecule has 240 valence electrons. The maximum Gasteiger partial charge on any atom is 0.328 e. The highest BCUT2D eigenvalue weighted by Crippen LogP contribution is 2.26. The number of carbonyl (C=O) groups is 3. The lowest BCUT2D eigenvalue weighted by molar-refractivity contribution is -0.149. The van der Waals surface area contributed by atoms with E-state index in [1.165, 1.54) is 23.9 Å². The van der Waals surface area contributed by atoms with Gasteiger partial charge < -0.3 is 20.7 Å². The van der Waals surface area contributed by atoms with Crippen molar-refractivity contribution in [2.24, 2.45) is 0 Å². The second-order valence-corrected chi connectivity index (χ2v) is 13.5. The van der Waals surface area contributed by atoms with Gasteiger partial charge in [0.1, 0.15) is 11.9 Å². The zero-order valence-electron chi connectivity index (χ0n) is 25.9. The number of nitrogens with one attached hydrogen (secondary N) is 3. The summed E-state index contributed by atoms with van der Waals surface area (Å²) in [6.07, 6.45) is 7.37. The van der Waals surface area contributed by atoms with Crippen LogP contribution in [-0.4, -0.2) is 70.5 Å². The van der Waals surface area contributed by atoms with Crippen LogP contribution in [0.4, 0.5) is 10.1 Å². The van der Waals surface area contributed by atoms with Crippen LogP contribution in [0.2, 0.25) is 0 Å². The lowest BCUT2D eigenvalue weighted by atomic mass is 9.98. The maximum atomic E-state index is 13.7. The fourth-order valence-corrected chi connectivity index (χ4v) is 6.59. The molecule has 0 aliphatic carbocycles. The van der Waals surface area contributed by atoms with Crippen molar-refractivity contribution in [2.75, 3.05) is 30.4 Å². The summed E-state index contributed by atoms with van der Waals surface area (Å²) in [6.45, 7) is 4.91. The molecular formula is C34H41FN4O4S2. The van der Waals surface area contributed by atoms with Crippen LogP contribution >= 0.6 is 23.5 Å². The largest absolute Gasteiger partial charge is 0.461 e. The van der Waals surface area contributed by atoms with Gasteiger partial charge in [0.15, 0.2) is 0 Å². The van der Waals surface area contributed by atoms with Gasteiger partial charge in [-0.3, -0.25) is 14.6 Å². The van der Waals surface area contributed by atoms with E-state index in [2.05, 4.69) is 20.9 Å². The number of ether oxygens (including phenoxy) is 1. The van der Waals surface area contributed by atoms with Gasteiger partial charge in [-0.2, -0.15) is 11.8 Å². The van der Waals surface area contributed by atoms with Crippen LogP contribution < -0.4 is 16.0 Å². The van der Waals surface area contributed by atoms with Crippen molar-refractivity contribution in [1.82, 2.24) is 15.6 Å². The molecule has 1 fully saturated rings. The van der Waals surface area contributed by atoms with Gasteiger partial charge in [-0.25, -0.2) is 9.18 Å². The van der Waals surface area contributed by atoms with Crippen LogP contribution in [0.15, 0.2) is 67.0 Å². The number of benzene rings is 2. The molecule has 1 amide bonds. The Morgan fingerprint density at radius 3 is 2.62 bits per heavy atom. The van der Waals surface area contributed by atoms with E-state index in [0.717, 1.165) is 29.8 Å². The minimum atomic E-state index is -0.764. The van der Waals surface area contributed by atoms with Crippen molar-refractivity contribution >= 4 is 46.2 Å². The summed E-state index contributed by atoms with van der Waals surface area (Å²) in [6, 6.07) is 15.0. The van der Waals surface area contributed by atoms with Gasteiger partial charge >= 0.3 is 5.97 Å². The lowest BCUT2D eigenvalue weighted by Crippen LogP contribution is -2.43. The normalized spacial score (nSPS) is 16.7. The Labute approximate surface area is 273 Å². The molecule has 1 saturated heterocycles. The Morgan fingerprint density at radius 1 is 1.11 bits per heavy atom. The maximum absolute atomic E-state index is 13.7. The minimum absolute atomic E-state index is 0.0171. The molecule has 0 saturated carbocycles. The molecule has 1 aromatic heterocycles. The summed E-state index contributed by atoms with van der Waals surface area (Å²) in [4.78, 5) is 43.2. The number of amides is 1. The van der Waals surface area contributed by atoms with Crippen molar-refractivity contribution in [3.05, 3.63) is 95.1 Å². The van der Waals surface area contributed by atoms with Crippen molar-refractivity contribution in [2.45, 2.75) is 63.0 Å². The number of esters is 1. The average molecular weight is 653 g/mol. The fourth-order valence-electron chi connectivity index (χ4n) is 5.05. The molecular weight excluding hydrogens is 612 g/mol. The second kappa shape index (κ2) is 17.3. The standard InChI is InChI=1S/C34H41FN4O4S2/c1-22(2)43-33(41)31(14-16-44-3)39-32(40)30-18-27(13-10-24(30)9-6-23-7-11-26(35)12-8-23)37-20-28-17-29(21-38-28)45-34(42)25-5-4-15-36-19-25/h4-5,7-8,10-13,15,18-19,22,28-29,31,37-38H,6,9,14,16-17,20-21H2,1-3H3,(H,39,40)/t28-,29-,31-/m0/s1. The van der Waals surface area contributed by atoms with Gasteiger partial charge in [0.05, 0.1) is 6.10 Å². The van der Waals surface area contributed by atoms with E-state index in [1.807, 2.05) is 24.5 Å². The minimum Gasteiger partial charge on any atom is -0.461 e. The topological polar surface area (TPSA) is 109 Å². The first-order chi connectivity index (χ1) is 21.7. The van der Waals surface area contributed by atoms with Crippen LogP contribution in [0, 0.1) is 5.82 Å². The van der Waals surface area contributed by atoms with Crippen LogP contribution in [0.1, 0.15) is 58.5 Å². The summed E-state index contributed by atoms with van der Waals surface area (Å²) in [5, 5.41) is 10.0. The van der Waals surface area contributed by atoms with Gasteiger partial charge in [-0.1, -0.05) is 30.0 Å². The number of halogens is 1. The number of aryl methyl sites for hydroxylation is 2. The molecule has 11 heteroatoms. The highest BCUT2D eigenvalue weighted by atomic mass is 32.2. The van der Waals surface area contributed by atoms with Crippen molar-refractivity contribution < 1.29 is 23.5 Å². The molecule has 0 bridgehead atoms. The summed E-state index contributed by atoms with van der Waals surface area (Å²) >= 11 is 2.93. The molecule has 2 heterocycles. The number of rotatable bonds is 15. The molecule has 2 aromatic carbocycles. The molecule has 1 aliphatic heterocycles. The number of anilines is 1. The van der Waals surface area contributed by atoms with E-state index in [4.69, 9.17) is 4.74 Å². The third kappa shape index (κ3) is 10.9. The molecule has 3 aromatic rings. The number of thioether (sulfide) groups is 2. The van der Waals surface area contributed by atoms with Gasteiger partial charge in [0, 0.05) is 53.6 Å². The summed E-state index contributed by atoms with van der Waals surface area (Å²) < 4.78 is 18.9. The second-order valence-electron chi connectivity index (χ2n) is 11.3. The first-order valence-electron chi connectivity index (χ1n) is 15.2. The Balaban J connectivity index is 1.44. The van der Waals surface area contributed by atoms with Gasteiger partial charge in [-0.15, -0.1) is 0 Å². The molecule has 3 N–H and O–H groups in total. The van der Waals surface area contributed by atoms with Crippen LogP contribution in [0.25, 0.3) is 0 Å². The van der Waals surface area contributed by atoms with E-state index in [-0.39, 0.29) is 34.2 Å². The van der Waals surface area contributed by atoms with E-state index in [1.54, 1.807) is 62.3 Å². The number of aromatic nitrogens is 1. The molecule has 45 heavy (non-hydrogen) atoms. The van der Waals surface area contributed by atoms with E-state index >= 15 is 0 Å². The molecule has 0 unspecified atom stereocenters. The molecule has 8 nitrogen and oxygen atoms in total. The predicted octanol–water partition coefficient (Wildman–Crippen LogP) is 5.53. The zero-order chi connectivity index (χ0) is 32.2. The SMILES string of the molecule is CSCC[C@H](NC(=O)c1cc(NC[C@@H]2C[C@H](SC(=O)c3cccnc3)CN2)ccc1CCc1ccc(F)cc1)C(=O)OC(C)C. The third-order valence-electron chi connectivity index (χ3n) is 7.41. The molecule has 1 aliphatic rings. The van der Waals surface area contributed by atoms with Gasteiger partial charge in [-0.05, 0) is 99.1 Å². The molecule has 0 radical (unpaired) electrons. The monoisotopic (exact) mass is 652 g/mol. The van der Waals surface area contributed by atoms with E-state index in [0.29, 0.717) is 42.7 Å². The quantitative estimate of drug-likeness (QED) is 0.183. The van der Waals surface area contributed by atoms with E-state index < -0.39 is 12.0 Å². The van der Waals surface area contributed by atoms with Crippen LogP contribution in [0.5, 0.6) is 0 Å². The zero-order valence-corrected chi connectivity index (χ0v) is 27.5. The third-order valence-corrected chi connectivity index (χ3v) is 9.19. The predicted molar refractivity (Wildman–Crippen MR) is 181 cm³/mol. The molecule has 0 spiro atoms. The Bertz CT molecular complexity index is 1430. The summed E-state index contributed by atoms with van der Waals surface area (Å²) in [5.41, 5.74) is 3.64. The molecule has 4 rings (SSSR count). The lowest BCUT2D eigenvalue weighted by Gasteiger charge is -2.20. The Kier molecular flexibility index (Phi) is 13.3. The fraction of sp³-hybridized carbons (Fsp3) is 0.412. The highest BCUT2D eigenvalue weighted by Gasteiger charge is 2.28. The number of hydrogen-bond donors (Lipinski definition) is 3. The van der Waals surface area contributed by atoms with Crippen molar-refractivity contribution in [3.8, 4) is 0 Å². The van der Waals surface area contributed by atoms with Crippen molar-refractivity contribution in [1.29, 1.82) is 0 Å². The van der Waals surface area contributed by atoms with Crippen LogP contribution in [-0.2, 0) is 22.4 Å². The molecule has 3 atom stereocenters. The first kappa shape index (κ1) is 34.5. The number of nitrogens with zero attached hydrogens (tertiary/aromatic N) is 1. The number of carbonyl (C=O) groups excluding carboxylic acids is 3. The summed E-state index contributed by atoms with van der Waals surface area (Å²) in [5.74, 6) is -0.389. The smallest absolute Gasteiger partial charge is 0.328 e. The van der Waals surface area contributed by atoms with Crippen LogP contribution in [0.3, 0.4) is 0 Å². The van der Waals surface area contributed by atoms with Crippen molar-refractivity contribution in [3.63, 3.8) is 0 Å². The first-order valence-corrected chi connectivity index (χ1v) is 17.4. The Hall–Kier alpha value is -3.41. The Morgan fingerprint density at radius 2 is 1.91 bits per heavy atom. The number of hydrogen-bond acceptors (Lipinski definition) is 9. The average Bonchev–Trinajstić information content (AvgIpc) is 3.49. The summed E-state index contributed by atoms with van der Waals surface area (Å²) in [7, 11) is 0.